The van der Waals surface area contributed by atoms with Crippen molar-refractivity contribution >= 4 is 0 Å². The summed E-state index contributed by atoms with van der Waals surface area (Å²) in [5.41, 5.74) is 0.0770. The van der Waals surface area contributed by atoms with Crippen LogP contribution in [0.3, 0.4) is 0 Å². The first kappa shape index (κ1) is 7.68. The van der Waals surface area contributed by atoms with Crippen LogP contribution in [-0.2, 0) is 4.74 Å². The summed E-state index contributed by atoms with van der Waals surface area (Å²) >= 11 is 0. The quantitative estimate of drug-likeness (QED) is 0.589. The van der Waals surface area contributed by atoms with Gasteiger partial charge in [0.2, 0.25) is 0 Å². The summed E-state index contributed by atoms with van der Waals surface area (Å²) in [5.74, 6) is 1.53. The first-order chi connectivity index (χ1) is 6.28. The fourth-order valence-electron chi connectivity index (χ4n) is 3.01. The van der Waals surface area contributed by atoms with Gasteiger partial charge in [-0.2, -0.15) is 0 Å². The van der Waals surface area contributed by atoms with Gasteiger partial charge in [0.1, 0.15) is 5.60 Å². The Morgan fingerprint density at radius 3 is 2.69 bits per heavy atom. The summed E-state index contributed by atoms with van der Waals surface area (Å²) in [6.07, 6.45) is 2.60. The molecule has 4 aliphatic rings. The average Bonchev–Trinajstić information content (AvgIpc) is 2.49. The molecule has 1 unspecified atom stereocenters. The Labute approximate surface area is 78.7 Å². The molecule has 4 saturated heterocycles. The van der Waals surface area contributed by atoms with Gasteiger partial charge in [-0.15, -0.1) is 0 Å². The molecule has 72 valence electrons. The monoisotopic (exact) mass is 180 g/mol. The number of ether oxygens (including phenoxy) is 1. The molecule has 3 nitrogen and oxygen atoms in total. The Hall–Kier alpha value is -0.700. The Morgan fingerprint density at radius 2 is 2.23 bits per heavy atom. The molecule has 0 aromatic rings. The third-order valence-corrected chi connectivity index (χ3v) is 3.73. The largest absolute Gasteiger partial charge is 0.470 e. The molecule has 2 bridgehead atoms. The zero-order valence-electron chi connectivity index (χ0n) is 7.88. The predicted molar refractivity (Wildman–Crippen MR) is 50.1 cm³/mol. The number of nitrogens with one attached hydrogen (secondary N) is 1. The second kappa shape index (κ2) is 2.41. The number of fused-ring (bicyclic) bond motifs is 2. The van der Waals surface area contributed by atoms with Gasteiger partial charge in [-0.1, -0.05) is 0 Å². The van der Waals surface area contributed by atoms with Crippen LogP contribution in [0.2, 0.25) is 0 Å². The predicted octanol–water partition coefficient (Wildman–Crippen LogP) is 0.542. The Kier molecular flexibility index (Phi) is 1.42. The van der Waals surface area contributed by atoms with E-state index in [0.29, 0.717) is 0 Å². The van der Waals surface area contributed by atoms with Crippen molar-refractivity contribution in [3.8, 4) is 0 Å². The van der Waals surface area contributed by atoms with Gasteiger partial charge in [0.05, 0.1) is 6.54 Å². The number of piperidine rings is 3. The maximum atomic E-state index is 5.88. The molecule has 0 aliphatic carbocycles. The van der Waals surface area contributed by atoms with Gasteiger partial charge in [0.25, 0.3) is 0 Å². The number of hydrogen-bond acceptors (Lipinski definition) is 3. The van der Waals surface area contributed by atoms with Crippen molar-refractivity contribution in [3.05, 3.63) is 12.5 Å². The van der Waals surface area contributed by atoms with Gasteiger partial charge in [0, 0.05) is 12.5 Å². The van der Waals surface area contributed by atoms with E-state index < -0.39 is 0 Å². The first-order valence-corrected chi connectivity index (χ1v) is 5.13. The third kappa shape index (κ3) is 0.998. The van der Waals surface area contributed by atoms with E-state index in [1.165, 1.54) is 25.9 Å². The van der Waals surface area contributed by atoms with Crippen LogP contribution in [-0.4, -0.2) is 36.7 Å². The molecule has 0 saturated carbocycles. The molecule has 0 aromatic heterocycles. The molecule has 3 heteroatoms. The lowest BCUT2D eigenvalue weighted by atomic mass is 9.75. The van der Waals surface area contributed by atoms with E-state index in [2.05, 4.69) is 16.8 Å². The highest BCUT2D eigenvalue weighted by molar-refractivity contribution is 5.08. The normalized spacial score (nSPS) is 47.8. The van der Waals surface area contributed by atoms with Crippen LogP contribution in [0, 0.1) is 5.92 Å². The van der Waals surface area contributed by atoms with Crippen molar-refractivity contribution in [2.75, 3.05) is 26.2 Å². The summed E-state index contributed by atoms with van der Waals surface area (Å²) in [5, 5.41) is 3.22. The van der Waals surface area contributed by atoms with E-state index in [-0.39, 0.29) is 5.60 Å². The zero-order valence-corrected chi connectivity index (χ0v) is 7.88. The molecule has 4 heterocycles. The molecule has 0 aromatic carbocycles. The minimum absolute atomic E-state index is 0.0770. The summed E-state index contributed by atoms with van der Waals surface area (Å²) in [7, 11) is 0. The van der Waals surface area contributed by atoms with Crippen molar-refractivity contribution < 1.29 is 4.74 Å². The lowest BCUT2D eigenvalue weighted by Gasteiger charge is -2.49. The van der Waals surface area contributed by atoms with E-state index in [9.17, 15) is 0 Å². The van der Waals surface area contributed by atoms with Gasteiger partial charge in [-0.05, 0) is 32.5 Å². The van der Waals surface area contributed by atoms with Crippen LogP contribution in [0.5, 0.6) is 0 Å². The van der Waals surface area contributed by atoms with Gasteiger partial charge in [0.15, 0.2) is 5.88 Å². The molecule has 0 amide bonds. The van der Waals surface area contributed by atoms with Crippen molar-refractivity contribution in [2.24, 2.45) is 5.92 Å². The highest BCUT2D eigenvalue weighted by Crippen LogP contribution is 2.40. The Morgan fingerprint density at radius 1 is 1.46 bits per heavy atom. The number of hydrogen-bond donors (Lipinski definition) is 1. The highest BCUT2D eigenvalue weighted by atomic mass is 16.5. The molecule has 0 radical (unpaired) electrons. The fourth-order valence-corrected chi connectivity index (χ4v) is 3.01. The average molecular weight is 180 g/mol. The van der Waals surface area contributed by atoms with E-state index >= 15 is 0 Å². The van der Waals surface area contributed by atoms with E-state index in [4.69, 9.17) is 4.74 Å². The topological polar surface area (TPSA) is 24.5 Å². The van der Waals surface area contributed by atoms with Crippen LogP contribution < -0.4 is 5.32 Å². The van der Waals surface area contributed by atoms with Crippen molar-refractivity contribution in [3.63, 3.8) is 0 Å². The summed E-state index contributed by atoms with van der Waals surface area (Å²) in [6, 6.07) is 0. The molecule has 1 N–H and O–H groups in total. The highest BCUT2D eigenvalue weighted by Gasteiger charge is 2.51. The number of nitrogens with zero attached hydrogens (tertiary/aromatic N) is 1. The van der Waals surface area contributed by atoms with Crippen molar-refractivity contribution in [1.82, 2.24) is 10.2 Å². The molecule has 1 atom stereocenters. The minimum atomic E-state index is 0.0770. The number of rotatable bonds is 0. The van der Waals surface area contributed by atoms with Crippen molar-refractivity contribution in [1.29, 1.82) is 0 Å². The maximum Gasteiger partial charge on any atom is 0.180 e. The van der Waals surface area contributed by atoms with Gasteiger partial charge >= 0.3 is 0 Å². The zero-order chi connectivity index (χ0) is 8.89. The molecule has 1 spiro atoms. The Balaban J connectivity index is 1.87. The van der Waals surface area contributed by atoms with Gasteiger partial charge < -0.3 is 10.1 Å². The van der Waals surface area contributed by atoms with E-state index in [1.807, 2.05) is 0 Å². The smallest absolute Gasteiger partial charge is 0.180 e. The second-order valence-corrected chi connectivity index (χ2v) is 4.49. The molecule has 4 rings (SSSR count). The standard InChI is InChI=1S/C10H16N2O/c1-8-11-6-10(13-8)7-12-4-2-9(10)3-5-12/h9,11H,1-7H2. The summed E-state index contributed by atoms with van der Waals surface area (Å²) in [4.78, 5) is 2.51. The fraction of sp³-hybridized carbons (Fsp3) is 0.800. The SMILES string of the molecule is C=C1NCC2(CN3CCC2CC3)O1. The van der Waals surface area contributed by atoms with E-state index in [0.717, 1.165) is 24.9 Å². The summed E-state index contributed by atoms with van der Waals surface area (Å²) in [6.45, 7) is 8.43. The van der Waals surface area contributed by atoms with E-state index in [1.54, 1.807) is 0 Å². The molecule has 4 aliphatic heterocycles. The van der Waals surface area contributed by atoms with Crippen LogP contribution in [0.25, 0.3) is 0 Å². The minimum Gasteiger partial charge on any atom is -0.470 e. The molecule has 13 heavy (non-hydrogen) atoms. The first-order valence-electron chi connectivity index (χ1n) is 5.13. The van der Waals surface area contributed by atoms with Crippen molar-refractivity contribution in [2.45, 2.75) is 18.4 Å². The molecule has 4 fully saturated rings. The maximum absolute atomic E-state index is 5.88. The van der Waals surface area contributed by atoms with Gasteiger partial charge in [-0.25, -0.2) is 0 Å². The van der Waals surface area contributed by atoms with Crippen LogP contribution in [0.4, 0.5) is 0 Å². The third-order valence-electron chi connectivity index (χ3n) is 3.73. The van der Waals surface area contributed by atoms with Gasteiger partial charge in [-0.3, -0.25) is 4.90 Å². The lowest BCUT2D eigenvalue weighted by molar-refractivity contribution is -0.0982. The molecular weight excluding hydrogens is 164 g/mol. The summed E-state index contributed by atoms with van der Waals surface area (Å²) < 4.78 is 5.88. The Bertz CT molecular complexity index is 245. The van der Waals surface area contributed by atoms with Crippen LogP contribution >= 0.6 is 0 Å². The second-order valence-electron chi connectivity index (χ2n) is 4.49. The molecular formula is C10H16N2O. The lowest BCUT2D eigenvalue weighted by Crippen LogP contribution is -2.60. The van der Waals surface area contributed by atoms with Crippen LogP contribution in [0.1, 0.15) is 12.8 Å². The van der Waals surface area contributed by atoms with Crippen LogP contribution in [0.15, 0.2) is 12.5 Å².